The number of ketones is 1. The van der Waals surface area contributed by atoms with Crippen LogP contribution in [0.2, 0.25) is 0 Å². The summed E-state index contributed by atoms with van der Waals surface area (Å²) in [7, 11) is 1.58. The molecule has 9 heteroatoms. The lowest BCUT2D eigenvalue weighted by molar-refractivity contribution is -0.126. The minimum absolute atomic E-state index is 0.252. The SMILES string of the molecule is COc1ccc(C2C(C)N(C(=O)Nc3cccc(C#N)c3)C3(C(=O)Nc4ccc(Br)cc43)C2C(=O)c2ccccc2)cc1. The average Bonchev–Trinajstić information content (AvgIpc) is 3.47. The normalized spacial score (nSPS) is 22.0. The highest BCUT2D eigenvalue weighted by molar-refractivity contribution is 9.10. The van der Waals surface area contributed by atoms with Crippen molar-refractivity contribution in [2.24, 2.45) is 5.92 Å². The van der Waals surface area contributed by atoms with E-state index in [0.717, 1.165) is 5.56 Å². The first-order chi connectivity index (χ1) is 20.8. The van der Waals surface area contributed by atoms with E-state index in [1.54, 1.807) is 67.8 Å². The second kappa shape index (κ2) is 11.0. The number of hydrogen-bond donors (Lipinski definition) is 2. The predicted molar refractivity (Wildman–Crippen MR) is 166 cm³/mol. The van der Waals surface area contributed by atoms with Crippen LogP contribution >= 0.6 is 15.9 Å². The summed E-state index contributed by atoms with van der Waals surface area (Å²) < 4.78 is 6.09. The van der Waals surface area contributed by atoms with Crippen LogP contribution < -0.4 is 15.4 Å². The molecule has 6 rings (SSSR count). The van der Waals surface area contributed by atoms with Crippen LogP contribution in [0.15, 0.2) is 102 Å². The number of methoxy groups -OCH3 is 1. The maximum Gasteiger partial charge on any atom is 0.323 e. The fourth-order valence-electron chi connectivity index (χ4n) is 6.63. The van der Waals surface area contributed by atoms with E-state index < -0.39 is 35.4 Å². The van der Waals surface area contributed by atoms with Crippen LogP contribution in [0.3, 0.4) is 0 Å². The summed E-state index contributed by atoms with van der Waals surface area (Å²) in [6, 6.07) is 29.1. The fourth-order valence-corrected chi connectivity index (χ4v) is 6.99. The number of likely N-dealkylation sites (tertiary alicyclic amines) is 1. The number of ether oxygens (including phenoxy) is 1. The van der Waals surface area contributed by atoms with Gasteiger partial charge >= 0.3 is 6.03 Å². The highest BCUT2D eigenvalue weighted by Crippen LogP contribution is 2.59. The Morgan fingerprint density at radius 2 is 1.74 bits per heavy atom. The van der Waals surface area contributed by atoms with Gasteiger partial charge in [0.15, 0.2) is 11.3 Å². The number of hydrogen-bond acceptors (Lipinski definition) is 5. The van der Waals surface area contributed by atoms with Gasteiger partial charge in [-0.2, -0.15) is 5.26 Å². The molecule has 4 aromatic carbocycles. The Kier molecular flexibility index (Phi) is 7.24. The average molecular weight is 636 g/mol. The molecule has 0 aromatic heterocycles. The molecule has 0 bridgehead atoms. The number of urea groups is 1. The molecule has 0 saturated carbocycles. The third kappa shape index (κ3) is 4.55. The van der Waals surface area contributed by atoms with Gasteiger partial charge in [0.1, 0.15) is 5.75 Å². The molecule has 214 valence electrons. The molecule has 1 fully saturated rings. The van der Waals surface area contributed by atoms with Gasteiger partial charge < -0.3 is 20.3 Å². The number of halogens is 1. The van der Waals surface area contributed by atoms with Crippen molar-refractivity contribution in [1.29, 1.82) is 5.26 Å². The maximum atomic E-state index is 14.7. The molecule has 0 radical (unpaired) electrons. The molecule has 2 heterocycles. The second-order valence-corrected chi connectivity index (χ2v) is 11.6. The van der Waals surface area contributed by atoms with Gasteiger partial charge in [-0.1, -0.05) is 64.5 Å². The Morgan fingerprint density at radius 1 is 1.00 bits per heavy atom. The molecule has 4 aromatic rings. The monoisotopic (exact) mass is 634 g/mol. The van der Waals surface area contributed by atoms with E-state index >= 15 is 0 Å². The number of carbonyl (C=O) groups excluding carboxylic acids is 3. The van der Waals surface area contributed by atoms with E-state index in [9.17, 15) is 19.6 Å². The Hall–Kier alpha value is -4.94. The van der Waals surface area contributed by atoms with Crippen molar-refractivity contribution in [1.82, 2.24) is 4.90 Å². The zero-order valence-electron chi connectivity index (χ0n) is 23.4. The van der Waals surface area contributed by atoms with Gasteiger partial charge in [0.2, 0.25) is 0 Å². The molecule has 4 unspecified atom stereocenters. The summed E-state index contributed by atoms with van der Waals surface area (Å²) in [5.74, 6) is -1.61. The number of carbonyl (C=O) groups is 3. The van der Waals surface area contributed by atoms with Gasteiger partial charge in [-0.05, 0) is 61.0 Å². The van der Waals surface area contributed by atoms with Crippen LogP contribution in [-0.2, 0) is 10.3 Å². The lowest BCUT2D eigenvalue weighted by Gasteiger charge is -2.38. The van der Waals surface area contributed by atoms with Crippen LogP contribution in [0, 0.1) is 17.2 Å². The van der Waals surface area contributed by atoms with Gasteiger partial charge in [-0.3, -0.25) is 9.59 Å². The summed E-state index contributed by atoms with van der Waals surface area (Å²) >= 11 is 3.55. The molecule has 1 saturated heterocycles. The topological polar surface area (TPSA) is 112 Å². The van der Waals surface area contributed by atoms with Gasteiger partial charge in [0.05, 0.1) is 24.7 Å². The fraction of sp³-hybridized carbons (Fsp3) is 0.176. The van der Waals surface area contributed by atoms with Crippen molar-refractivity contribution in [3.05, 3.63) is 124 Å². The molecule has 1 spiro atoms. The van der Waals surface area contributed by atoms with Crippen LogP contribution in [0.25, 0.3) is 0 Å². The Balaban J connectivity index is 1.60. The number of nitrogens with one attached hydrogen (secondary N) is 2. The molecule has 8 nitrogen and oxygen atoms in total. The Bertz CT molecular complexity index is 1790. The molecule has 4 atom stereocenters. The van der Waals surface area contributed by atoms with Crippen molar-refractivity contribution < 1.29 is 19.1 Å². The van der Waals surface area contributed by atoms with E-state index in [2.05, 4.69) is 32.6 Å². The predicted octanol–water partition coefficient (Wildman–Crippen LogP) is 6.70. The quantitative estimate of drug-likeness (QED) is 0.237. The largest absolute Gasteiger partial charge is 0.497 e. The smallest absolute Gasteiger partial charge is 0.323 e. The summed E-state index contributed by atoms with van der Waals surface area (Å²) in [6.45, 7) is 1.86. The zero-order valence-corrected chi connectivity index (χ0v) is 25.0. The number of anilines is 2. The van der Waals surface area contributed by atoms with Crippen molar-refractivity contribution in [3.8, 4) is 11.8 Å². The molecular weight excluding hydrogens is 608 g/mol. The molecule has 2 aliphatic rings. The molecule has 43 heavy (non-hydrogen) atoms. The third-order valence-electron chi connectivity index (χ3n) is 8.41. The van der Waals surface area contributed by atoms with Crippen molar-refractivity contribution in [2.75, 3.05) is 17.7 Å². The van der Waals surface area contributed by atoms with Crippen molar-refractivity contribution >= 4 is 45.0 Å². The Labute approximate surface area is 257 Å². The second-order valence-electron chi connectivity index (χ2n) is 10.7. The lowest BCUT2D eigenvalue weighted by Crippen LogP contribution is -2.57. The first-order valence-corrected chi connectivity index (χ1v) is 14.5. The minimum atomic E-state index is -1.69. The van der Waals surface area contributed by atoms with Gasteiger partial charge in [0.25, 0.3) is 5.91 Å². The zero-order chi connectivity index (χ0) is 30.3. The lowest BCUT2D eigenvalue weighted by atomic mass is 9.69. The highest BCUT2D eigenvalue weighted by Gasteiger charge is 2.69. The molecule has 2 aliphatic heterocycles. The summed E-state index contributed by atoms with van der Waals surface area (Å²) in [6.07, 6.45) is 0. The number of nitriles is 1. The third-order valence-corrected chi connectivity index (χ3v) is 8.90. The number of fused-ring (bicyclic) bond motifs is 2. The number of nitrogens with zero attached hydrogens (tertiary/aromatic N) is 2. The molecular formula is C34H27BrN4O4. The minimum Gasteiger partial charge on any atom is -0.497 e. The van der Waals surface area contributed by atoms with E-state index in [1.165, 1.54) is 4.90 Å². The van der Waals surface area contributed by atoms with Crippen molar-refractivity contribution in [2.45, 2.75) is 24.4 Å². The van der Waals surface area contributed by atoms with Crippen molar-refractivity contribution in [3.63, 3.8) is 0 Å². The summed E-state index contributed by atoms with van der Waals surface area (Å²) in [4.78, 5) is 45.1. The van der Waals surface area contributed by atoms with Crippen LogP contribution in [0.5, 0.6) is 5.75 Å². The van der Waals surface area contributed by atoms with Crippen LogP contribution in [0.1, 0.15) is 39.9 Å². The van der Waals surface area contributed by atoms with Crippen LogP contribution in [0.4, 0.5) is 16.2 Å². The number of benzene rings is 4. The van der Waals surface area contributed by atoms with E-state index in [1.807, 2.05) is 43.3 Å². The Morgan fingerprint density at radius 3 is 2.44 bits per heavy atom. The molecule has 0 aliphatic carbocycles. The molecule has 2 N–H and O–H groups in total. The first kappa shape index (κ1) is 28.2. The summed E-state index contributed by atoms with van der Waals surface area (Å²) in [5, 5.41) is 15.3. The van der Waals surface area contributed by atoms with Gasteiger partial charge in [-0.25, -0.2) is 4.79 Å². The number of rotatable bonds is 5. The standard InChI is InChI=1S/C34H27BrN4O4/c1-20-29(22-11-14-26(43-2)15-12-22)30(31(40)23-8-4-3-5-9-23)34(27-18-24(35)13-16-28(27)38-32(34)41)39(20)33(42)37-25-10-6-7-21(17-25)19-36/h3-18,20,29-30H,1-2H3,(H,37,42)(H,38,41). The molecule has 3 amide bonds. The number of amides is 3. The maximum absolute atomic E-state index is 14.7. The highest BCUT2D eigenvalue weighted by atomic mass is 79.9. The number of Topliss-reactive ketones (excluding diaryl/α,β-unsaturated/α-hetero) is 1. The summed E-state index contributed by atoms with van der Waals surface area (Å²) in [5.41, 5.74) is 1.39. The first-order valence-electron chi connectivity index (χ1n) is 13.7. The van der Waals surface area contributed by atoms with E-state index in [4.69, 9.17) is 4.74 Å². The van der Waals surface area contributed by atoms with E-state index in [-0.39, 0.29) is 5.78 Å². The van der Waals surface area contributed by atoms with Crippen LogP contribution in [-0.4, -0.2) is 35.8 Å². The van der Waals surface area contributed by atoms with E-state index in [0.29, 0.717) is 38.3 Å². The van der Waals surface area contributed by atoms with Gasteiger partial charge in [-0.15, -0.1) is 0 Å². The van der Waals surface area contributed by atoms with Gasteiger partial charge in [0, 0.05) is 38.9 Å².